The number of hydrogen-bond donors (Lipinski definition) is 1. The summed E-state index contributed by atoms with van der Waals surface area (Å²) < 4.78 is 7.20. The van der Waals surface area contributed by atoms with Gasteiger partial charge in [-0.1, -0.05) is 0 Å². The Labute approximate surface area is 123 Å². The van der Waals surface area contributed by atoms with Crippen LogP contribution in [0.3, 0.4) is 0 Å². The first kappa shape index (κ1) is 14.4. The molecular weight excluding hydrogens is 272 g/mol. The van der Waals surface area contributed by atoms with Gasteiger partial charge in [0, 0.05) is 6.42 Å². The molecule has 0 spiro atoms. The van der Waals surface area contributed by atoms with E-state index >= 15 is 0 Å². The second kappa shape index (κ2) is 6.48. The monoisotopic (exact) mass is 294 g/mol. The molecule has 0 aliphatic carbocycles. The molecule has 3 rings (SSSR count). The van der Waals surface area contributed by atoms with E-state index in [1.54, 1.807) is 4.68 Å². The summed E-state index contributed by atoms with van der Waals surface area (Å²) in [7, 11) is 0. The van der Waals surface area contributed by atoms with Crippen LogP contribution < -0.4 is 5.32 Å². The minimum absolute atomic E-state index is 0.0320. The van der Waals surface area contributed by atoms with Gasteiger partial charge in [-0.2, -0.15) is 0 Å². The molecule has 1 N–H and O–H groups in total. The average molecular weight is 294 g/mol. The predicted molar refractivity (Wildman–Crippen MR) is 74.5 cm³/mol. The van der Waals surface area contributed by atoms with Crippen molar-refractivity contribution in [3.8, 4) is 0 Å². The van der Waals surface area contributed by atoms with E-state index in [1.165, 1.54) is 12.8 Å². The molecule has 8 nitrogen and oxygen atoms in total. The van der Waals surface area contributed by atoms with Crippen LogP contribution in [-0.4, -0.2) is 69.4 Å². The van der Waals surface area contributed by atoms with Gasteiger partial charge in [-0.05, 0) is 43.3 Å². The Balaban J connectivity index is 1.48. The zero-order valence-electron chi connectivity index (χ0n) is 12.4. The SMILES string of the molecule is Cc1nnnn1CCC(=O)N[C@H]1COC[C@@H]1N1CCCC1. The number of hydrogen-bond acceptors (Lipinski definition) is 6. The summed E-state index contributed by atoms with van der Waals surface area (Å²) in [5.41, 5.74) is 0. The van der Waals surface area contributed by atoms with Crippen LogP contribution in [0.5, 0.6) is 0 Å². The van der Waals surface area contributed by atoms with Crippen molar-refractivity contribution in [1.82, 2.24) is 30.4 Å². The highest BCUT2D eigenvalue weighted by atomic mass is 16.5. The maximum Gasteiger partial charge on any atom is 0.222 e. The number of rotatable bonds is 5. The van der Waals surface area contributed by atoms with Gasteiger partial charge in [-0.3, -0.25) is 9.69 Å². The molecule has 116 valence electrons. The zero-order valence-corrected chi connectivity index (χ0v) is 12.4. The molecule has 2 aliphatic heterocycles. The molecule has 2 atom stereocenters. The fourth-order valence-electron chi connectivity index (χ4n) is 3.06. The summed E-state index contributed by atoms with van der Waals surface area (Å²) >= 11 is 0. The van der Waals surface area contributed by atoms with Crippen LogP contribution in [-0.2, 0) is 16.1 Å². The topological polar surface area (TPSA) is 85.2 Å². The van der Waals surface area contributed by atoms with Crippen molar-refractivity contribution in [2.45, 2.75) is 44.8 Å². The van der Waals surface area contributed by atoms with E-state index in [9.17, 15) is 4.79 Å². The summed E-state index contributed by atoms with van der Waals surface area (Å²) in [6, 6.07) is 0.428. The summed E-state index contributed by atoms with van der Waals surface area (Å²) in [4.78, 5) is 14.5. The van der Waals surface area contributed by atoms with Gasteiger partial charge < -0.3 is 10.1 Å². The number of likely N-dealkylation sites (tertiary alicyclic amines) is 1. The number of nitrogens with zero attached hydrogens (tertiary/aromatic N) is 5. The minimum atomic E-state index is 0.0320. The normalized spacial score (nSPS) is 26.3. The van der Waals surface area contributed by atoms with Crippen molar-refractivity contribution in [3.63, 3.8) is 0 Å². The summed E-state index contributed by atoms with van der Waals surface area (Å²) in [5.74, 6) is 0.756. The van der Waals surface area contributed by atoms with Crippen LogP contribution in [0.2, 0.25) is 0 Å². The van der Waals surface area contributed by atoms with Gasteiger partial charge >= 0.3 is 0 Å². The first-order valence-corrected chi connectivity index (χ1v) is 7.58. The Morgan fingerprint density at radius 1 is 1.38 bits per heavy atom. The Morgan fingerprint density at radius 3 is 2.90 bits per heavy atom. The van der Waals surface area contributed by atoms with Gasteiger partial charge in [0.15, 0.2) is 0 Å². The molecule has 0 unspecified atom stereocenters. The third kappa shape index (κ3) is 3.38. The maximum absolute atomic E-state index is 12.1. The van der Waals surface area contributed by atoms with Gasteiger partial charge in [0.1, 0.15) is 5.82 Å². The molecule has 0 radical (unpaired) electrons. The van der Waals surface area contributed by atoms with Crippen molar-refractivity contribution in [2.24, 2.45) is 0 Å². The van der Waals surface area contributed by atoms with E-state index in [1.807, 2.05) is 6.92 Å². The Kier molecular flexibility index (Phi) is 4.45. The number of aryl methyl sites for hydroxylation is 2. The number of tetrazole rings is 1. The zero-order chi connectivity index (χ0) is 14.7. The molecular formula is C13H22N6O2. The molecule has 8 heteroatoms. The predicted octanol–water partition coefficient (Wildman–Crippen LogP) is -0.649. The Hall–Kier alpha value is -1.54. The molecule has 2 aliphatic rings. The summed E-state index contributed by atoms with van der Waals surface area (Å²) in [5, 5.41) is 14.3. The fraction of sp³-hybridized carbons (Fsp3) is 0.846. The van der Waals surface area contributed by atoms with Gasteiger partial charge in [-0.15, -0.1) is 5.10 Å². The first-order valence-electron chi connectivity index (χ1n) is 7.58. The molecule has 1 aromatic heterocycles. The number of ether oxygens (including phenoxy) is 1. The van der Waals surface area contributed by atoms with Crippen molar-refractivity contribution < 1.29 is 9.53 Å². The van der Waals surface area contributed by atoms with Gasteiger partial charge in [0.2, 0.25) is 5.91 Å². The van der Waals surface area contributed by atoms with E-state index in [2.05, 4.69) is 25.7 Å². The lowest BCUT2D eigenvalue weighted by Crippen LogP contribution is -2.50. The van der Waals surface area contributed by atoms with Crippen LogP contribution in [0.25, 0.3) is 0 Å². The second-order valence-electron chi connectivity index (χ2n) is 5.72. The van der Waals surface area contributed by atoms with Crippen LogP contribution in [0.15, 0.2) is 0 Å². The van der Waals surface area contributed by atoms with Gasteiger partial charge in [0.05, 0.1) is 31.8 Å². The van der Waals surface area contributed by atoms with Crippen LogP contribution in [0, 0.1) is 6.92 Å². The average Bonchev–Trinajstić information content (AvgIpc) is 3.17. The quantitative estimate of drug-likeness (QED) is 0.777. The third-order valence-electron chi connectivity index (χ3n) is 4.27. The highest BCUT2D eigenvalue weighted by Crippen LogP contribution is 2.19. The number of amides is 1. The number of carbonyl (C=O) groups is 1. The van der Waals surface area contributed by atoms with Gasteiger partial charge in [0.25, 0.3) is 0 Å². The molecule has 21 heavy (non-hydrogen) atoms. The number of carbonyl (C=O) groups excluding carboxylic acids is 1. The van der Waals surface area contributed by atoms with E-state index < -0.39 is 0 Å². The van der Waals surface area contributed by atoms with Crippen molar-refractivity contribution in [2.75, 3.05) is 26.3 Å². The molecule has 0 saturated carbocycles. The van der Waals surface area contributed by atoms with Crippen molar-refractivity contribution in [1.29, 1.82) is 0 Å². The molecule has 1 amide bonds. The highest BCUT2D eigenvalue weighted by molar-refractivity contribution is 5.76. The van der Waals surface area contributed by atoms with E-state index in [-0.39, 0.29) is 11.9 Å². The molecule has 2 fully saturated rings. The second-order valence-corrected chi connectivity index (χ2v) is 5.72. The van der Waals surface area contributed by atoms with Crippen molar-refractivity contribution in [3.05, 3.63) is 5.82 Å². The lowest BCUT2D eigenvalue weighted by Gasteiger charge is -2.27. The maximum atomic E-state index is 12.1. The lowest BCUT2D eigenvalue weighted by molar-refractivity contribution is -0.122. The van der Waals surface area contributed by atoms with Crippen LogP contribution in [0.1, 0.15) is 25.1 Å². The van der Waals surface area contributed by atoms with Crippen LogP contribution >= 0.6 is 0 Å². The van der Waals surface area contributed by atoms with Crippen LogP contribution in [0.4, 0.5) is 0 Å². The largest absolute Gasteiger partial charge is 0.378 e. The number of aromatic nitrogens is 4. The highest BCUT2D eigenvalue weighted by Gasteiger charge is 2.35. The fourth-order valence-corrected chi connectivity index (χ4v) is 3.06. The molecule has 3 heterocycles. The number of nitrogens with one attached hydrogen (secondary N) is 1. The smallest absolute Gasteiger partial charge is 0.222 e. The lowest BCUT2D eigenvalue weighted by atomic mass is 10.1. The molecule has 1 aromatic rings. The Bertz CT molecular complexity index is 485. The van der Waals surface area contributed by atoms with E-state index in [0.717, 1.165) is 25.5 Å². The minimum Gasteiger partial charge on any atom is -0.378 e. The molecule has 0 aromatic carbocycles. The third-order valence-corrected chi connectivity index (χ3v) is 4.27. The van der Waals surface area contributed by atoms with Crippen molar-refractivity contribution >= 4 is 5.91 Å². The molecule has 2 saturated heterocycles. The standard InChI is InChI=1S/C13H22N6O2/c1-10-15-16-17-19(10)7-4-13(20)14-11-8-21-9-12(11)18-5-2-3-6-18/h11-12H,2-9H2,1H3,(H,14,20)/t11-,12-/m0/s1. The van der Waals surface area contributed by atoms with E-state index in [0.29, 0.717) is 25.6 Å². The van der Waals surface area contributed by atoms with Gasteiger partial charge in [-0.25, -0.2) is 4.68 Å². The molecule has 0 bridgehead atoms. The van der Waals surface area contributed by atoms with E-state index in [4.69, 9.17) is 4.74 Å². The summed E-state index contributed by atoms with van der Waals surface area (Å²) in [6.07, 6.45) is 2.88. The first-order chi connectivity index (χ1) is 10.2. The Morgan fingerprint density at radius 2 is 2.19 bits per heavy atom. The summed E-state index contributed by atoms with van der Waals surface area (Å²) in [6.45, 7) is 5.89.